The molecule has 22 heavy (non-hydrogen) atoms. The van der Waals surface area contributed by atoms with E-state index in [4.69, 9.17) is 17.3 Å². The number of rotatable bonds is 4. The average molecular weight is 338 g/mol. The van der Waals surface area contributed by atoms with Crippen LogP contribution in [0.1, 0.15) is 11.5 Å². The predicted molar refractivity (Wildman–Crippen MR) is 85.6 cm³/mol. The van der Waals surface area contributed by atoms with Crippen molar-refractivity contribution in [2.24, 2.45) is 5.73 Å². The lowest BCUT2D eigenvalue weighted by Crippen LogP contribution is -2.35. The van der Waals surface area contributed by atoms with Crippen LogP contribution in [-0.2, 0) is 9.84 Å². The Balaban J connectivity index is 2.02. The first-order chi connectivity index (χ1) is 10.4. The molecule has 1 aliphatic rings. The molecule has 1 aliphatic carbocycles. The summed E-state index contributed by atoms with van der Waals surface area (Å²) in [6.07, 6.45) is 0. The fourth-order valence-electron chi connectivity index (χ4n) is 2.99. The summed E-state index contributed by atoms with van der Waals surface area (Å²) in [5.74, 6) is -0.444. The summed E-state index contributed by atoms with van der Waals surface area (Å²) in [7, 11) is -3.61. The molecular weight excluding hydrogens is 322 g/mol. The molecule has 0 radical (unpaired) electrons. The molecule has 116 valence electrons. The topological polar surface area (TPSA) is 80.4 Å². The van der Waals surface area contributed by atoms with E-state index < -0.39 is 33.2 Å². The molecule has 0 aromatic heterocycles. The van der Waals surface area contributed by atoms with Crippen LogP contribution in [0, 0.1) is 0 Å². The third kappa shape index (κ3) is 2.34. The van der Waals surface area contributed by atoms with E-state index in [1.165, 1.54) is 0 Å². The summed E-state index contributed by atoms with van der Waals surface area (Å²) in [6.45, 7) is -0.392. The predicted octanol–water partition coefficient (Wildman–Crippen LogP) is 1.97. The Morgan fingerprint density at radius 2 is 1.68 bits per heavy atom. The van der Waals surface area contributed by atoms with Gasteiger partial charge in [0.2, 0.25) is 0 Å². The Morgan fingerprint density at radius 1 is 1.09 bits per heavy atom. The first-order valence-electron chi connectivity index (χ1n) is 6.85. The summed E-state index contributed by atoms with van der Waals surface area (Å²) >= 11 is 5.87. The minimum absolute atomic E-state index is 0.222. The van der Waals surface area contributed by atoms with E-state index in [9.17, 15) is 13.5 Å². The van der Waals surface area contributed by atoms with Gasteiger partial charge in [-0.25, -0.2) is 8.42 Å². The number of sulfone groups is 1. The van der Waals surface area contributed by atoms with Crippen molar-refractivity contribution in [3.05, 3.63) is 65.2 Å². The molecule has 0 saturated heterocycles. The van der Waals surface area contributed by atoms with Crippen LogP contribution < -0.4 is 5.73 Å². The van der Waals surface area contributed by atoms with Gasteiger partial charge in [-0.05, 0) is 29.8 Å². The van der Waals surface area contributed by atoms with E-state index in [-0.39, 0.29) is 4.90 Å². The fraction of sp³-hybridized carbons (Fsp3) is 0.250. The minimum atomic E-state index is -3.61. The van der Waals surface area contributed by atoms with Crippen LogP contribution in [0.5, 0.6) is 0 Å². The van der Waals surface area contributed by atoms with Crippen LogP contribution in [0.4, 0.5) is 0 Å². The summed E-state index contributed by atoms with van der Waals surface area (Å²) < 4.78 is 25.6. The normalized spacial score (nSPS) is 27.6. The average Bonchev–Trinajstić information content (AvgIpc) is 3.17. The first kappa shape index (κ1) is 15.5. The van der Waals surface area contributed by atoms with Gasteiger partial charge in [-0.2, -0.15) is 0 Å². The Labute approximate surface area is 134 Å². The molecule has 2 aromatic carbocycles. The van der Waals surface area contributed by atoms with Crippen molar-refractivity contribution < 1.29 is 13.5 Å². The maximum atomic E-state index is 12.8. The molecule has 0 aliphatic heterocycles. The number of benzene rings is 2. The van der Waals surface area contributed by atoms with E-state index in [2.05, 4.69) is 0 Å². The van der Waals surface area contributed by atoms with Gasteiger partial charge in [-0.15, -0.1) is 0 Å². The number of aliphatic hydroxyl groups excluding tert-OH is 1. The summed E-state index contributed by atoms with van der Waals surface area (Å²) in [5, 5.41) is 9.35. The zero-order valence-corrected chi connectivity index (χ0v) is 13.3. The van der Waals surface area contributed by atoms with Gasteiger partial charge >= 0.3 is 0 Å². The van der Waals surface area contributed by atoms with Crippen molar-refractivity contribution in [2.45, 2.75) is 21.6 Å². The standard InChI is InChI=1S/C16H16ClNO3S/c17-12-8-6-11(7-9-12)14-15(16(14,18)10-19)22(20,21)13-4-2-1-3-5-13/h1-9,14-15,19H,10,18H2/t14-,15+,16+/m1/s1. The number of nitrogens with two attached hydrogens (primary N) is 1. The van der Waals surface area contributed by atoms with Crippen LogP contribution in [0.15, 0.2) is 59.5 Å². The Hall–Kier alpha value is -1.40. The van der Waals surface area contributed by atoms with Crippen LogP contribution in [0.25, 0.3) is 0 Å². The lowest BCUT2D eigenvalue weighted by atomic mass is 10.1. The minimum Gasteiger partial charge on any atom is -0.394 e. The number of hydrogen-bond donors (Lipinski definition) is 2. The Kier molecular flexibility index (Phi) is 3.77. The smallest absolute Gasteiger partial charge is 0.183 e. The second kappa shape index (κ2) is 5.35. The van der Waals surface area contributed by atoms with Crippen molar-refractivity contribution >= 4 is 21.4 Å². The van der Waals surface area contributed by atoms with Gasteiger partial charge in [-0.3, -0.25) is 0 Å². The molecule has 0 spiro atoms. The number of halogens is 1. The summed E-state index contributed by atoms with van der Waals surface area (Å²) in [4.78, 5) is 0.222. The van der Waals surface area contributed by atoms with E-state index in [1.807, 2.05) is 0 Å². The van der Waals surface area contributed by atoms with E-state index in [0.717, 1.165) is 5.56 Å². The molecule has 3 rings (SSSR count). The molecule has 1 saturated carbocycles. The fourth-order valence-corrected chi connectivity index (χ4v) is 5.44. The second-order valence-corrected chi connectivity index (χ2v) is 8.08. The van der Waals surface area contributed by atoms with E-state index in [0.29, 0.717) is 5.02 Å². The highest BCUT2D eigenvalue weighted by atomic mass is 35.5. The third-order valence-electron chi connectivity index (χ3n) is 4.21. The molecule has 0 unspecified atom stereocenters. The molecule has 0 bridgehead atoms. The van der Waals surface area contributed by atoms with Gasteiger partial charge in [0.05, 0.1) is 22.3 Å². The largest absolute Gasteiger partial charge is 0.394 e. The quantitative estimate of drug-likeness (QED) is 0.893. The highest BCUT2D eigenvalue weighted by Crippen LogP contribution is 2.55. The summed E-state index contributed by atoms with van der Waals surface area (Å²) in [6, 6.07) is 15.1. The zero-order chi connectivity index (χ0) is 16.0. The van der Waals surface area contributed by atoms with Crippen molar-refractivity contribution in [3.8, 4) is 0 Å². The lowest BCUT2D eigenvalue weighted by molar-refractivity contribution is 0.253. The molecule has 6 heteroatoms. The highest BCUT2D eigenvalue weighted by Gasteiger charge is 2.68. The Bertz CT molecular complexity index is 777. The molecule has 3 N–H and O–H groups in total. The zero-order valence-electron chi connectivity index (χ0n) is 11.7. The van der Waals surface area contributed by atoms with Gasteiger partial charge in [0, 0.05) is 10.9 Å². The van der Waals surface area contributed by atoms with Crippen LogP contribution in [-0.4, -0.2) is 30.9 Å². The van der Waals surface area contributed by atoms with Gasteiger partial charge in [-0.1, -0.05) is 41.9 Å². The monoisotopic (exact) mass is 337 g/mol. The molecular formula is C16H16ClNO3S. The van der Waals surface area contributed by atoms with Crippen molar-refractivity contribution in [2.75, 3.05) is 6.61 Å². The molecule has 2 aromatic rings. The molecule has 4 nitrogen and oxygen atoms in total. The van der Waals surface area contributed by atoms with Crippen LogP contribution >= 0.6 is 11.6 Å². The maximum absolute atomic E-state index is 12.8. The van der Waals surface area contributed by atoms with Gasteiger partial charge in [0.1, 0.15) is 0 Å². The first-order valence-corrected chi connectivity index (χ1v) is 8.78. The van der Waals surface area contributed by atoms with Crippen molar-refractivity contribution in [1.29, 1.82) is 0 Å². The maximum Gasteiger partial charge on any atom is 0.183 e. The van der Waals surface area contributed by atoms with Crippen LogP contribution in [0.2, 0.25) is 5.02 Å². The van der Waals surface area contributed by atoms with Crippen molar-refractivity contribution in [1.82, 2.24) is 0 Å². The molecule has 0 heterocycles. The van der Waals surface area contributed by atoms with Crippen LogP contribution in [0.3, 0.4) is 0 Å². The highest BCUT2D eigenvalue weighted by molar-refractivity contribution is 7.92. The molecule has 3 atom stereocenters. The van der Waals surface area contributed by atoms with Gasteiger partial charge in [0.15, 0.2) is 9.84 Å². The molecule has 1 fully saturated rings. The number of hydrogen-bond acceptors (Lipinski definition) is 4. The van der Waals surface area contributed by atoms with Gasteiger partial charge in [0.25, 0.3) is 0 Å². The number of aliphatic hydroxyl groups is 1. The van der Waals surface area contributed by atoms with Gasteiger partial charge < -0.3 is 10.8 Å². The summed E-state index contributed by atoms with van der Waals surface area (Å²) in [5.41, 5.74) is 5.77. The Morgan fingerprint density at radius 3 is 2.23 bits per heavy atom. The third-order valence-corrected chi connectivity index (χ3v) is 6.77. The molecule has 0 amide bonds. The van der Waals surface area contributed by atoms with E-state index in [1.54, 1.807) is 54.6 Å². The SMILES string of the molecule is N[C@@]1(CO)[C@H](c2ccc(Cl)cc2)[C@@H]1S(=O)(=O)c1ccccc1. The lowest BCUT2D eigenvalue weighted by Gasteiger charge is -2.08. The van der Waals surface area contributed by atoms with E-state index >= 15 is 0 Å². The van der Waals surface area contributed by atoms with Crippen molar-refractivity contribution in [3.63, 3.8) is 0 Å². The second-order valence-electron chi connectivity index (χ2n) is 5.58.